The highest BCUT2D eigenvalue weighted by atomic mass is 79.9. The van der Waals surface area contributed by atoms with Gasteiger partial charge in [0.05, 0.1) is 16.1 Å². The number of hydrogen-bond acceptors (Lipinski definition) is 4. The molecule has 1 aliphatic heterocycles. The van der Waals surface area contributed by atoms with E-state index in [4.69, 9.17) is 14.2 Å². The lowest BCUT2D eigenvalue weighted by molar-refractivity contribution is 0.0770. The minimum absolute atomic E-state index is 0.554. The standard InChI is InChI=1S/C14H19Br2NO3/c1-18-13-8-12(16)14(9-11(13)15)20-7-4-17-10-2-5-19-6-3-10/h8-10,17H,2-7H2,1H3. The van der Waals surface area contributed by atoms with Gasteiger partial charge in [0.25, 0.3) is 0 Å². The molecule has 6 heteroatoms. The van der Waals surface area contributed by atoms with Gasteiger partial charge in [0.1, 0.15) is 18.1 Å². The van der Waals surface area contributed by atoms with Crippen molar-refractivity contribution in [3.8, 4) is 11.5 Å². The predicted octanol–water partition coefficient (Wildman–Crippen LogP) is 3.37. The Hall–Kier alpha value is -0.300. The Kier molecular flexibility index (Phi) is 6.61. The van der Waals surface area contributed by atoms with Crippen LogP contribution in [0.4, 0.5) is 0 Å². The summed E-state index contributed by atoms with van der Waals surface area (Å²) >= 11 is 6.95. The molecule has 1 heterocycles. The van der Waals surface area contributed by atoms with Crippen molar-refractivity contribution in [2.24, 2.45) is 0 Å². The third-order valence-corrected chi connectivity index (χ3v) is 4.46. The molecule has 0 unspecified atom stereocenters. The number of ether oxygens (including phenoxy) is 3. The van der Waals surface area contributed by atoms with Crippen LogP contribution in [-0.4, -0.2) is 39.5 Å². The smallest absolute Gasteiger partial charge is 0.134 e. The van der Waals surface area contributed by atoms with Crippen molar-refractivity contribution in [1.82, 2.24) is 5.32 Å². The van der Waals surface area contributed by atoms with Crippen LogP contribution in [0.25, 0.3) is 0 Å². The van der Waals surface area contributed by atoms with E-state index in [2.05, 4.69) is 37.2 Å². The molecule has 4 nitrogen and oxygen atoms in total. The Labute approximate surface area is 136 Å². The molecule has 0 spiro atoms. The number of halogens is 2. The van der Waals surface area contributed by atoms with E-state index in [0.717, 1.165) is 53.0 Å². The van der Waals surface area contributed by atoms with Crippen LogP contribution in [0.2, 0.25) is 0 Å². The first kappa shape index (κ1) is 16.1. The lowest BCUT2D eigenvalue weighted by Gasteiger charge is -2.23. The minimum Gasteiger partial charge on any atom is -0.496 e. The third kappa shape index (κ3) is 4.62. The van der Waals surface area contributed by atoms with E-state index in [1.807, 2.05) is 12.1 Å². The molecule has 1 fully saturated rings. The maximum absolute atomic E-state index is 5.78. The van der Waals surface area contributed by atoms with Crippen LogP contribution in [-0.2, 0) is 4.74 Å². The van der Waals surface area contributed by atoms with Crippen LogP contribution in [0.15, 0.2) is 21.1 Å². The van der Waals surface area contributed by atoms with E-state index in [1.165, 1.54) is 0 Å². The Morgan fingerprint density at radius 2 is 1.85 bits per heavy atom. The summed E-state index contributed by atoms with van der Waals surface area (Å²) in [6, 6.07) is 4.36. The van der Waals surface area contributed by atoms with E-state index in [1.54, 1.807) is 7.11 Å². The van der Waals surface area contributed by atoms with Gasteiger partial charge in [-0.2, -0.15) is 0 Å². The molecule has 20 heavy (non-hydrogen) atoms. The molecule has 0 atom stereocenters. The highest BCUT2D eigenvalue weighted by molar-refractivity contribution is 9.11. The molecular weight excluding hydrogens is 390 g/mol. The zero-order valence-corrected chi connectivity index (χ0v) is 14.6. The molecule has 0 aliphatic carbocycles. The molecule has 0 radical (unpaired) electrons. The Bertz CT molecular complexity index is 437. The van der Waals surface area contributed by atoms with Crippen molar-refractivity contribution < 1.29 is 14.2 Å². The number of benzene rings is 1. The van der Waals surface area contributed by atoms with Crippen LogP contribution in [0.5, 0.6) is 11.5 Å². The molecule has 112 valence electrons. The van der Waals surface area contributed by atoms with Crippen molar-refractivity contribution >= 4 is 31.9 Å². The number of methoxy groups -OCH3 is 1. The average molecular weight is 409 g/mol. The van der Waals surface area contributed by atoms with Gasteiger partial charge in [0.15, 0.2) is 0 Å². The minimum atomic E-state index is 0.554. The predicted molar refractivity (Wildman–Crippen MR) is 85.7 cm³/mol. The van der Waals surface area contributed by atoms with E-state index in [9.17, 15) is 0 Å². The van der Waals surface area contributed by atoms with Crippen LogP contribution in [0, 0.1) is 0 Å². The van der Waals surface area contributed by atoms with Crippen molar-refractivity contribution in [2.45, 2.75) is 18.9 Å². The lowest BCUT2D eigenvalue weighted by Crippen LogP contribution is -2.37. The Morgan fingerprint density at radius 1 is 1.20 bits per heavy atom. The molecule has 2 rings (SSSR count). The molecule has 0 saturated carbocycles. The Morgan fingerprint density at radius 3 is 2.55 bits per heavy atom. The topological polar surface area (TPSA) is 39.7 Å². The normalized spacial score (nSPS) is 16.1. The summed E-state index contributed by atoms with van der Waals surface area (Å²) in [5, 5.41) is 3.49. The van der Waals surface area contributed by atoms with E-state index in [0.29, 0.717) is 12.6 Å². The van der Waals surface area contributed by atoms with Gasteiger partial charge in [-0.3, -0.25) is 0 Å². The van der Waals surface area contributed by atoms with Gasteiger partial charge in [-0.05, 0) is 56.8 Å². The second kappa shape index (κ2) is 8.22. The highest BCUT2D eigenvalue weighted by Gasteiger charge is 2.13. The van der Waals surface area contributed by atoms with Crippen molar-refractivity contribution in [3.05, 3.63) is 21.1 Å². The molecular formula is C14H19Br2NO3. The maximum Gasteiger partial charge on any atom is 0.134 e. The van der Waals surface area contributed by atoms with Crippen LogP contribution in [0.1, 0.15) is 12.8 Å². The summed E-state index contributed by atoms with van der Waals surface area (Å²) < 4.78 is 18.1. The quantitative estimate of drug-likeness (QED) is 0.732. The summed E-state index contributed by atoms with van der Waals surface area (Å²) in [4.78, 5) is 0. The van der Waals surface area contributed by atoms with Gasteiger partial charge < -0.3 is 19.5 Å². The summed E-state index contributed by atoms with van der Waals surface area (Å²) in [5.41, 5.74) is 0. The van der Waals surface area contributed by atoms with Gasteiger partial charge in [-0.1, -0.05) is 0 Å². The van der Waals surface area contributed by atoms with Gasteiger partial charge >= 0.3 is 0 Å². The second-order valence-electron chi connectivity index (χ2n) is 4.61. The first-order valence-corrected chi connectivity index (χ1v) is 8.26. The fourth-order valence-corrected chi connectivity index (χ4v) is 3.02. The van der Waals surface area contributed by atoms with Crippen molar-refractivity contribution in [1.29, 1.82) is 0 Å². The van der Waals surface area contributed by atoms with Gasteiger partial charge in [0.2, 0.25) is 0 Å². The average Bonchev–Trinajstić information content (AvgIpc) is 2.47. The second-order valence-corrected chi connectivity index (χ2v) is 6.32. The fraction of sp³-hybridized carbons (Fsp3) is 0.571. The first-order chi connectivity index (χ1) is 9.70. The zero-order chi connectivity index (χ0) is 14.4. The van der Waals surface area contributed by atoms with Crippen LogP contribution in [0.3, 0.4) is 0 Å². The van der Waals surface area contributed by atoms with Crippen molar-refractivity contribution in [3.63, 3.8) is 0 Å². The summed E-state index contributed by atoms with van der Waals surface area (Å²) in [5.74, 6) is 1.59. The molecule has 0 amide bonds. The van der Waals surface area contributed by atoms with Crippen LogP contribution >= 0.6 is 31.9 Å². The highest BCUT2D eigenvalue weighted by Crippen LogP contribution is 2.35. The molecule has 1 saturated heterocycles. The molecule has 1 aliphatic rings. The van der Waals surface area contributed by atoms with Gasteiger partial charge in [-0.15, -0.1) is 0 Å². The lowest BCUT2D eigenvalue weighted by atomic mass is 10.1. The summed E-state index contributed by atoms with van der Waals surface area (Å²) in [6.45, 7) is 3.18. The Balaban J connectivity index is 1.77. The fourth-order valence-electron chi connectivity index (χ4n) is 2.10. The largest absolute Gasteiger partial charge is 0.496 e. The van der Waals surface area contributed by atoms with E-state index in [-0.39, 0.29) is 0 Å². The van der Waals surface area contributed by atoms with Gasteiger partial charge in [0, 0.05) is 25.8 Å². The summed E-state index contributed by atoms with van der Waals surface area (Å²) in [7, 11) is 1.64. The summed E-state index contributed by atoms with van der Waals surface area (Å²) in [6.07, 6.45) is 2.16. The number of rotatable bonds is 6. The third-order valence-electron chi connectivity index (χ3n) is 3.22. The number of nitrogens with one attached hydrogen (secondary N) is 1. The zero-order valence-electron chi connectivity index (χ0n) is 11.5. The maximum atomic E-state index is 5.78. The molecule has 1 aromatic carbocycles. The molecule has 0 bridgehead atoms. The van der Waals surface area contributed by atoms with Crippen LogP contribution < -0.4 is 14.8 Å². The van der Waals surface area contributed by atoms with Gasteiger partial charge in [-0.25, -0.2) is 0 Å². The molecule has 1 aromatic rings. The van der Waals surface area contributed by atoms with E-state index < -0.39 is 0 Å². The SMILES string of the molecule is COc1cc(Br)c(OCCNC2CCOCC2)cc1Br. The monoisotopic (exact) mass is 407 g/mol. The first-order valence-electron chi connectivity index (χ1n) is 6.67. The van der Waals surface area contributed by atoms with Crippen molar-refractivity contribution in [2.75, 3.05) is 33.5 Å². The molecule has 0 aromatic heterocycles. The number of hydrogen-bond donors (Lipinski definition) is 1. The molecule has 1 N–H and O–H groups in total. The van der Waals surface area contributed by atoms with E-state index >= 15 is 0 Å².